The van der Waals surface area contributed by atoms with Gasteiger partial charge in [0.15, 0.2) is 0 Å². The molecule has 0 N–H and O–H groups in total. The summed E-state index contributed by atoms with van der Waals surface area (Å²) in [6.45, 7) is 0. The van der Waals surface area contributed by atoms with Crippen molar-refractivity contribution in [2.75, 3.05) is 4.90 Å². The van der Waals surface area contributed by atoms with Crippen LogP contribution in [0.5, 0.6) is 0 Å². The molecule has 1 aliphatic rings. The normalized spacial score (nSPS) is 12.5. The van der Waals surface area contributed by atoms with Crippen molar-refractivity contribution in [1.82, 2.24) is 0 Å². The summed E-state index contributed by atoms with van der Waals surface area (Å²) in [4.78, 5) is 2.52. The molecule has 0 saturated heterocycles. The van der Waals surface area contributed by atoms with E-state index in [1.54, 1.807) is 0 Å². The molecule has 0 radical (unpaired) electrons. The lowest BCUT2D eigenvalue weighted by Gasteiger charge is -2.35. The molecular weight excluding hydrogens is 723 g/mol. The topological polar surface area (TPSA) is 3.24 Å². The van der Waals surface area contributed by atoms with Crippen molar-refractivity contribution in [3.8, 4) is 44.5 Å². The van der Waals surface area contributed by atoms with E-state index in [2.05, 4.69) is 254 Å². The zero-order valence-corrected chi connectivity index (χ0v) is 33.1. The van der Waals surface area contributed by atoms with Crippen LogP contribution in [-0.4, -0.2) is 0 Å². The van der Waals surface area contributed by atoms with Gasteiger partial charge in [-0.1, -0.05) is 224 Å². The molecule has 0 heterocycles. The Labute approximate surface area is 352 Å². The lowest BCUT2D eigenvalue weighted by molar-refractivity contribution is 0.768. The Morgan fingerprint density at radius 1 is 0.300 bits per heavy atom. The molecular formula is C59H41N. The first-order valence-electron chi connectivity index (χ1n) is 20.8. The van der Waals surface area contributed by atoms with E-state index in [1.807, 2.05) is 0 Å². The van der Waals surface area contributed by atoms with Crippen LogP contribution in [0.15, 0.2) is 249 Å². The zero-order valence-electron chi connectivity index (χ0n) is 33.1. The predicted molar refractivity (Wildman–Crippen MR) is 252 cm³/mol. The Bertz CT molecular complexity index is 3090. The number of anilines is 3. The first-order chi connectivity index (χ1) is 29.8. The van der Waals surface area contributed by atoms with Crippen molar-refractivity contribution in [1.29, 1.82) is 0 Å². The summed E-state index contributed by atoms with van der Waals surface area (Å²) in [6, 6.07) is 91.2. The summed E-state index contributed by atoms with van der Waals surface area (Å²) < 4.78 is 0. The zero-order chi connectivity index (χ0) is 39.9. The van der Waals surface area contributed by atoms with E-state index >= 15 is 0 Å². The summed E-state index contributed by atoms with van der Waals surface area (Å²) in [6.07, 6.45) is 0. The Morgan fingerprint density at radius 2 is 0.817 bits per heavy atom. The SMILES string of the molecule is c1ccc(-c2ccccc2-c2ccccc2N(c2ccc3c(c2)C(c2ccccc2)(c2ccccc2)c2ccccc2-3)c2ccc3ccccc3c2-c2ccccc2)cc1. The molecule has 0 amide bonds. The van der Waals surface area contributed by atoms with E-state index in [1.165, 1.54) is 72.0 Å². The molecule has 60 heavy (non-hydrogen) atoms. The van der Waals surface area contributed by atoms with Crippen LogP contribution in [-0.2, 0) is 5.41 Å². The third kappa shape index (κ3) is 5.70. The molecule has 1 aliphatic carbocycles. The van der Waals surface area contributed by atoms with Gasteiger partial charge in [-0.05, 0) is 90.7 Å². The molecule has 1 nitrogen and oxygen atoms in total. The van der Waals surface area contributed by atoms with Gasteiger partial charge in [0.05, 0.1) is 16.8 Å². The third-order valence-corrected chi connectivity index (χ3v) is 12.4. The molecule has 0 atom stereocenters. The van der Waals surface area contributed by atoms with Crippen LogP contribution in [0.3, 0.4) is 0 Å². The second kappa shape index (κ2) is 14.9. The Morgan fingerprint density at radius 3 is 1.52 bits per heavy atom. The van der Waals surface area contributed by atoms with Crippen molar-refractivity contribution in [3.63, 3.8) is 0 Å². The van der Waals surface area contributed by atoms with E-state index in [0.717, 1.165) is 22.6 Å². The Balaban J connectivity index is 1.25. The Kier molecular flexibility index (Phi) is 8.79. The Hall–Kier alpha value is -7.74. The lowest BCUT2D eigenvalue weighted by atomic mass is 9.67. The van der Waals surface area contributed by atoms with Gasteiger partial charge in [-0.2, -0.15) is 0 Å². The van der Waals surface area contributed by atoms with Crippen molar-refractivity contribution in [2.45, 2.75) is 5.41 Å². The van der Waals surface area contributed by atoms with Crippen molar-refractivity contribution >= 4 is 27.8 Å². The monoisotopic (exact) mass is 763 g/mol. The van der Waals surface area contributed by atoms with Gasteiger partial charge in [0.1, 0.15) is 0 Å². The van der Waals surface area contributed by atoms with Gasteiger partial charge in [-0.15, -0.1) is 0 Å². The van der Waals surface area contributed by atoms with E-state index in [0.29, 0.717) is 0 Å². The molecule has 0 unspecified atom stereocenters. The van der Waals surface area contributed by atoms with Crippen LogP contribution < -0.4 is 4.90 Å². The maximum atomic E-state index is 2.52. The number of benzene rings is 10. The summed E-state index contributed by atoms with van der Waals surface area (Å²) in [7, 11) is 0. The maximum Gasteiger partial charge on any atom is 0.0714 e. The summed E-state index contributed by atoms with van der Waals surface area (Å²) in [5, 5.41) is 2.42. The fraction of sp³-hybridized carbons (Fsp3) is 0.0169. The van der Waals surface area contributed by atoms with Crippen LogP contribution in [0.1, 0.15) is 22.3 Å². The fourth-order valence-corrected chi connectivity index (χ4v) is 9.82. The molecule has 10 aromatic rings. The molecule has 0 aromatic heterocycles. The van der Waals surface area contributed by atoms with Crippen LogP contribution in [0, 0.1) is 0 Å². The lowest BCUT2D eigenvalue weighted by Crippen LogP contribution is -2.28. The van der Waals surface area contributed by atoms with E-state index in [9.17, 15) is 0 Å². The molecule has 0 aliphatic heterocycles. The van der Waals surface area contributed by atoms with Gasteiger partial charge in [0.25, 0.3) is 0 Å². The van der Waals surface area contributed by atoms with Crippen LogP contribution in [0.2, 0.25) is 0 Å². The first kappa shape index (κ1) is 35.4. The van der Waals surface area contributed by atoms with Gasteiger partial charge in [-0.3, -0.25) is 0 Å². The minimum atomic E-state index is -0.540. The minimum absolute atomic E-state index is 0.540. The minimum Gasteiger partial charge on any atom is -0.309 e. The van der Waals surface area contributed by atoms with Gasteiger partial charge < -0.3 is 4.90 Å². The molecule has 0 spiro atoms. The molecule has 282 valence electrons. The molecule has 0 fully saturated rings. The van der Waals surface area contributed by atoms with Crippen LogP contribution >= 0.6 is 0 Å². The average molecular weight is 764 g/mol. The number of para-hydroxylation sites is 1. The van der Waals surface area contributed by atoms with Crippen LogP contribution in [0.25, 0.3) is 55.3 Å². The van der Waals surface area contributed by atoms with Crippen molar-refractivity contribution in [2.24, 2.45) is 0 Å². The fourth-order valence-electron chi connectivity index (χ4n) is 9.82. The molecule has 11 rings (SSSR count). The number of rotatable bonds is 8. The average Bonchev–Trinajstić information content (AvgIpc) is 3.63. The molecule has 0 saturated carbocycles. The standard InChI is InChI=1S/C59H41N/c1-5-21-42(22-6-1)48-30-15-16-32-50(48)53-34-18-20-36-56(53)60(57-40-37-43-23-13-14-31-49(43)58(57)44-24-7-2-8-25-44)47-38-39-52-51-33-17-19-35-54(51)59(55(52)41-47,45-26-9-3-10-27-45)46-28-11-4-12-29-46/h1-41H. The summed E-state index contributed by atoms with van der Waals surface area (Å²) in [5.41, 5.74) is 17.5. The highest BCUT2D eigenvalue weighted by molar-refractivity contribution is 6.07. The summed E-state index contributed by atoms with van der Waals surface area (Å²) in [5.74, 6) is 0. The number of nitrogens with zero attached hydrogens (tertiary/aromatic N) is 1. The second-order valence-corrected chi connectivity index (χ2v) is 15.6. The van der Waals surface area contributed by atoms with Crippen molar-refractivity contribution < 1.29 is 0 Å². The predicted octanol–water partition coefficient (Wildman–Crippen LogP) is 15.7. The molecule has 1 heteroatoms. The highest BCUT2D eigenvalue weighted by atomic mass is 15.1. The van der Waals surface area contributed by atoms with Gasteiger partial charge >= 0.3 is 0 Å². The first-order valence-corrected chi connectivity index (χ1v) is 20.8. The molecule has 0 bridgehead atoms. The quantitative estimate of drug-likeness (QED) is 0.149. The van der Waals surface area contributed by atoms with E-state index in [-0.39, 0.29) is 0 Å². The number of fused-ring (bicyclic) bond motifs is 4. The molecule has 10 aromatic carbocycles. The smallest absolute Gasteiger partial charge is 0.0714 e. The highest BCUT2D eigenvalue weighted by Crippen LogP contribution is 2.58. The summed E-state index contributed by atoms with van der Waals surface area (Å²) >= 11 is 0. The van der Waals surface area contributed by atoms with Gasteiger partial charge in [-0.25, -0.2) is 0 Å². The van der Waals surface area contributed by atoms with E-state index < -0.39 is 5.41 Å². The van der Waals surface area contributed by atoms with Crippen LogP contribution in [0.4, 0.5) is 17.1 Å². The highest BCUT2D eigenvalue weighted by Gasteiger charge is 2.46. The van der Waals surface area contributed by atoms with Crippen molar-refractivity contribution in [3.05, 3.63) is 271 Å². The van der Waals surface area contributed by atoms with Gasteiger partial charge in [0, 0.05) is 16.8 Å². The number of hydrogen-bond acceptors (Lipinski definition) is 1. The third-order valence-electron chi connectivity index (χ3n) is 12.4. The number of hydrogen-bond donors (Lipinski definition) is 0. The second-order valence-electron chi connectivity index (χ2n) is 15.6. The van der Waals surface area contributed by atoms with E-state index in [4.69, 9.17) is 0 Å². The van der Waals surface area contributed by atoms with Gasteiger partial charge in [0.2, 0.25) is 0 Å². The maximum absolute atomic E-state index is 2.52. The largest absolute Gasteiger partial charge is 0.309 e.